The van der Waals surface area contributed by atoms with Gasteiger partial charge in [-0.05, 0) is 35.8 Å². The number of benzene rings is 1. The molecule has 6 nitrogen and oxygen atoms in total. The monoisotopic (exact) mass is 250 g/mol. The molecule has 7 heteroatoms. The molecule has 0 aliphatic rings. The maximum absolute atomic E-state index is 10.9. The minimum absolute atomic E-state index is 0.103. The van der Waals surface area contributed by atoms with Crippen molar-refractivity contribution in [1.29, 1.82) is 0 Å². The zero-order chi connectivity index (χ0) is 12.1. The zero-order valence-electron chi connectivity index (χ0n) is 8.79. The van der Waals surface area contributed by atoms with Gasteiger partial charge in [0.05, 0.1) is 0 Å². The maximum Gasteiger partial charge on any atom is 0.271 e. The molecule has 0 atom stereocenters. The van der Waals surface area contributed by atoms with E-state index < -0.39 is 0 Å². The first kappa shape index (κ1) is 11.5. The van der Waals surface area contributed by atoms with Gasteiger partial charge in [0.25, 0.3) is 5.91 Å². The number of carbonyl (C=O) groups excluding carboxylic acids is 1. The molecule has 1 aromatic carbocycles. The normalized spacial score (nSPS) is 9.94. The highest BCUT2D eigenvalue weighted by atomic mass is 32.1. The summed E-state index contributed by atoms with van der Waals surface area (Å²) in [5.74, 6) is 5.15. The van der Waals surface area contributed by atoms with E-state index in [0.29, 0.717) is 5.75 Å². The Balaban J connectivity index is 2.01. The molecule has 1 aromatic heterocycles. The lowest BCUT2D eigenvalue weighted by atomic mass is 10.2. The summed E-state index contributed by atoms with van der Waals surface area (Å²) in [5.41, 5.74) is 3.76. The first-order chi connectivity index (χ1) is 8.29. The number of amides is 1. The van der Waals surface area contributed by atoms with Gasteiger partial charge in [-0.15, -0.1) is 5.10 Å². The Morgan fingerprint density at radius 2 is 2.18 bits per heavy atom. The van der Waals surface area contributed by atoms with Gasteiger partial charge in [0.1, 0.15) is 11.4 Å². The molecular formula is C10H10N4O2S. The highest BCUT2D eigenvalue weighted by molar-refractivity contribution is 7.03. The Labute approximate surface area is 102 Å². The summed E-state index contributed by atoms with van der Waals surface area (Å²) in [7, 11) is 0. The van der Waals surface area contributed by atoms with Gasteiger partial charge < -0.3 is 4.74 Å². The summed E-state index contributed by atoms with van der Waals surface area (Å²) in [6, 6.07) is 7.23. The Bertz CT molecular complexity index is 484. The van der Waals surface area contributed by atoms with Gasteiger partial charge in [-0.3, -0.25) is 10.2 Å². The van der Waals surface area contributed by atoms with Gasteiger partial charge in [0, 0.05) is 10.9 Å². The predicted octanol–water partition coefficient (Wildman–Crippen LogP) is 0.574. The number of nitrogens with two attached hydrogens (primary N) is 1. The summed E-state index contributed by atoms with van der Waals surface area (Å²) in [6.45, 7) is -0.103. The van der Waals surface area contributed by atoms with Crippen LogP contribution in [-0.2, 0) is 4.79 Å². The molecule has 1 heterocycles. The van der Waals surface area contributed by atoms with Gasteiger partial charge in [-0.1, -0.05) is 4.49 Å². The van der Waals surface area contributed by atoms with Crippen LogP contribution >= 0.6 is 11.5 Å². The number of hydrogen-bond acceptors (Lipinski definition) is 6. The van der Waals surface area contributed by atoms with Crippen molar-refractivity contribution >= 4 is 17.4 Å². The zero-order valence-corrected chi connectivity index (χ0v) is 9.61. The molecule has 0 saturated heterocycles. The third kappa shape index (κ3) is 2.99. The van der Waals surface area contributed by atoms with E-state index in [1.165, 1.54) is 11.5 Å². The largest absolute Gasteiger partial charge is 0.484 e. The molecule has 2 rings (SSSR count). The number of ether oxygens (including phenoxy) is 1. The fraction of sp³-hybridized carbons (Fsp3) is 0.100. The topological polar surface area (TPSA) is 90.1 Å². The maximum atomic E-state index is 10.9. The Hall–Kier alpha value is -1.99. The van der Waals surface area contributed by atoms with E-state index in [0.717, 1.165) is 11.3 Å². The van der Waals surface area contributed by atoms with E-state index in [1.807, 2.05) is 22.9 Å². The third-order valence-electron chi connectivity index (χ3n) is 2.04. The van der Waals surface area contributed by atoms with Crippen LogP contribution in [-0.4, -0.2) is 22.1 Å². The lowest BCUT2D eigenvalue weighted by Crippen LogP contribution is -2.34. The van der Waals surface area contributed by atoms with Crippen LogP contribution in [0.4, 0.5) is 0 Å². The first-order valence-electron chi connectivity index (χ1n) is 4.79. The van der Waals surface area contributed by atoms with Crippen molar-refractivity contribution < 1.29 is 9.53 Å². The van der Waals surface area contributed by atoms with Crippen molar-refractivity contribution in [2.75, 3.05) is 6.61 Å². The fourth-order valence-corrected chi connectivity index (χ4v) is 1.67. The van der Waals surface area contributed by atoms with Crippen molar-refractivity contribution in [2.45, 2.75) is 0 Å². The first-order valence-corrected chi connectivity index (χ1v) is 5.63. The smallest absolute Gasteiger partial charge is 0.271 e. The Morgan fingerprint density at radius 3 is 2.76 bits per heavy atom. The summed E-state index contributed by atoms with van der Waals surface area (Å²) in [6.07, 6.45) is 0. The third-order valence-corrected chi connectivity index (χ3v) is 2.55. The van der Waals surface area contributed by atoms with Crippen molar-refractivity contribution in [3.8, 4) is 17.0 Å². The quantitative estimate of drug-likeness (QED) is 0.470. The van der Waals surface area contributed by atoms with Crippen LogP contribution in [0, 0.1) is 0 Å². The molecular weight excluding hydrogens is 240 g/mol. The van der Waals surface area contributed by atoms with E-state index in [1.54, 1.807) is 12.1 Å². The van der Waals surface area contributed by atoms with E-state index in [-0.39, 0.29) is 12.5 Å². The van der Waals surface area contributed by atoms with Gasteiger partial charge >= 0.3 is 0 Å². The molecule has 0 radical (unpaired) electrons. The van der Waals surface area contributed by atoms with Crippen LogP contribution in [0.15, 0.2) is 29.6 Å². The molecule has 0 spiro atoms. The van der Waals surface area contributed by atoms with Crippen LogP contribution in [0.3, 0.4) is 0 Å². The lowest BCUT2D eigenvalue weighted by Gasteiger charge is -2.05. The SMILES string of the molecule is NNC(=O)COc1ccc(-c2csnn2)cc1. The van der Waals surface area contributed by atoms with Crippen molar-refractivity contribution in [1.82, 2.24) is 15.0 Å². The molecule has 0 unspecified atom stereocenters. The Morgan fingerprint density at radius 1 is 1.41 bits per heavy atom. The summed E-state index contributed by atoms with van der Waals surface area (Å²) in [5, 5.41) is 5.81. The van der Waals surface area contributed by atoms with Gasteiger partial charge in [-0.25, -0.2) is 5.84 Å². The molecule has 17 heavy (non-hydrogen) atoms. The number of nitrogens with one attached hydrogen (secondary N) is 1. The predicted molar refractivity (Wildman–Crippen MR) is 63.2 cm³/mol. The minimum Gasteiger partial charge on any atom is -0.484 e. The molecule has 1 amide bonds. The summed E-state index contributed by atoms with van der Waals surface area (Å²) in [4.78, 5) is 10.9. The number of carbonyl (C=O) groups is 1. The molecule has 3 N–H and O–H groups in total. The summed E-state index contributed by atoms with van der Waals surface area (Å²) < 4.78 is 8.99. The van der Waals surface area contributed by atoms with Gasteiger partial charge in [-0.2, -0.15) is 0 Å². The highest BCUT2D eigenvalue weighted by Gasteiger charge is 2.03. The second-order valence-electron chi connectivity index (χ2n) is 3.17. The average molecular weight is 250 g/mol. The molecule has 0 fully saturated rings. The van der Waals surface area contributed by atoms with Crippen LogP contribution < -0.4 is 16.0 Å². The van der Waals surface area contributed by atoms with Crippen LogP contribution in [0.1, 0.15) is 0 Å². The van der Waals surface area contributed by atoms with Crippen molar-refractivity contribution in [3.05, 3.63) is 29.6 Å². The van der Waals surface area contributed by atoms with E-state index in [2.05, 4.69) is 9.59 Å². The van der Waals surface area contributed by atoms with E-state index in [9.17, 15) is 4.79 Å². The molecule has 0 bridgehead atoms. The minimum atomic E-state index is -0.377. The molecule has 88 valence electrons. The van der Waals surface area contributed by atoms with Crippen LogP contribution in [0.25, 0.3) is 11.3 Å². The van der Waals surface area contributed by atoms with E-state index in [4.69, 9.17) is 10.6 Å². The molecule has 0 saturated carbocycles. The fourth-order valence-electron chi connectivity index (χ4n) is 1.20. The number of nitrogens with zero attached hydrogens (tertiary/aromatic N) is 2. The summed E-state index contributed by atoms with van der Waals surface area (Å²) >= 11 is 1.30. The Kier molecular flexibility index (Phi) is 3.63. The number of hydrazine groups is 1. The van der Waals surface area contributed by atoms with Crippen molar-refractivity contribution in [2.24, 2.45) is 5.84 Å². The van der Waals surface area contributed by atoms with Crippen LogP contribution in [0.5, 0.6) is 5.75 Å². The lowest BCUT2D eigenvalue weighted by molar-refractivity contribution is -0.123. The van der Waals surface area contributed by atoms with E-state index >= 15 is 0 Å². The standard InChI is InChI=1S/C10H10N4O2S/c11-12-10(15)5-16-8-3-1-7(2-4-8)9-6-17-14-13-9/h1-4,6H,5,11H2,(H,12,15). The average Bonchev–Trinajstić information content (AvgIpc) is 2.90. The number of rotatable bonds is 4. The number of hydrogen-bond donors (Lipinski definition) is 2. The molecule has 0 aliphatic heterocycles. The van der Waals surface area contributed by atoms with Crippen LogP contribution in [0.2, 0.25) is 0 Å². The second kappa shape index (κ2) is 5.37. The second-order valence-corrected chi connectivity index (χ2v) is 3.78. The van der Waals surface area contributed by atoms with Gasteiger partial charge in [0.2, 0.25) is 0 Å². The van der Waals surface area contributed by atoms with Crippen molar-refractivity contribution in [3.63, 3.8) is 0 Å². The highest BCUT2D eigenvalue weighted by Crippen LogP contribution is 2.20. The van der Waals surface area contributed by atoms with Gasteiger partial charge in [0.15, 0.2) is 6.61 Å². The molecule has 0 aliphatic carbocycles. The number of aromatic nitrogens is 2. The molecule has 2 aromatic rings.